The highest BCUT2D eigenvalue weighted by atomic mass is 16.6. The first-order valence-corrected chi connectivity index (χ1v) is 9.55. The molecule has 0 saturated carbocycles. The molecule has 2 amide bonds. The Bertz CT molecular complexity index is 1190. The van der Waals surface area contributed by atoms with Gasteiger partial charge in [-0.1, -0.05) is 12.6 Å². The van der Waals surface area contributed by atoms with E-state index in [0.29, 0.717) is 35.1 Å². The van der Waals surface area contributed by atoms with Gasteiger partial charge in [0.25, 0.3) is 5.91 Å². The minimum atomic E-state index is -0.533. The molecule has 1 fully saturated rings. The Kier molecular flexibility index (Phi) is 5.66. The zero-order chi connectivity index (χ0) is 22.7. The summed E-state index contributed by atoms with van der Waals surface area (Å²) in [5, 5.41) is 18.0. The normalized spacial score (nSPS) is 12.9. The van der Waals surface area contributed by atoms with Gasteiger partial charge in [-0.15, -0.1) is 10.2 Å². The van der Waals surface area contributed by atoms with E-state index >= 15 is 0 Å². The molecule has 32 heavy (non-hydrogen) atoms. The second-order valence-corrected chi connectivity index (χ2v) is 6.66. The molecule has 4 rings (SSSR count). The van der Waals surface area contributed by atoms with E-state index < -0.39 is 12.0 Å². The minimum Gasteiger partial charge on any atom is -0.494 e. The van der Waals surface area contributed by atoms with Crippen molar-refractivity contribution in [2.75, 3.05) is 30.5 Å². The predicted octanol–water partition coefficient (Wildman–Crippen LogP) is 1.85. The van der Waals surface area contributed by atoms with E-state index in [1.54, 1.807) is 36.3 Å². The number of hydrogen-bond acceptors (Lipinski definition) is 9. The Morgan fingerprint density at radius 3 is 2.81 bits per heavy atom. The molecule has 1 aliphatic rings. The summed E-state index contributed by atoms with van der Waals surface area (Å²) in [5.74, 6) is 0.664. The summed E-state index contributed by atoms with van der Waals surface area (Å²) >= 11 is 0. The molecule has 0 bridgehead atoms. The standard InChI is InChI=1S/C20H20N8O4/c1-4-21-19(29)16-14(10-15(24-25-16)28-8-9-32-20(28)30)23-13-7-5-6-12(17(13)31-3)18-22-11-27(2)26-18/h4-7,10-11H,1,8-9H2,2-3H3,(H,21,29)(H,23,24). The van der Waals surface area contributed by atoms with Crippen molar-refractivity contribution in [3.63, 3.8) is 0 Å². The number of nitrogens with one attached hydrogen (secondary N) is 2. The first-order chi connectivity index (χ1) is 15.5. The molecule has 0 unspecified atom stereocenters. The number of rotatable bonds is 7. The fourth-order valence-corrected chi connectivity index (χ4v) is 3.18. The van der Waals surface area contributed by atoms with Gasteiger partial charge < -0.3 is 20.1 Å². The van der Waals surface area contributed by atoms with Crippen molar-refractivity contribution in [3.05, 3.63) is 49.1 Å². The van der Waals surface area contributed by atoms with Gasteiger partial charge in [0.1, 0.15) is 12.9 Å². The number of aryl methyl sites for hydroxylation is 1. The van der Waals surface area contributed by atoms with Crippen molar-refractivity contribution in [1.29, 1.82) is 0 Å². The maximum absolute atomic E-state index is 12.5. The number of anilines is 3. The fourth-order valence-electron chi connectivity index (χ4n) is 3.18. The number of hydrogen-bond donors (Lipinski definition) is 2. The minimum absolute atomic E-state index is 0.00429. The van der Waals surface area contributed by atoms with E-state index in [1.165, 1.54) is 18.2 Å². The van der Waals surface area contributed by atoms with Crippen LogP contribution in [-0.4, -0.2) is 57.2 Å². The third-order valence-electron chi connectivity index (χ3n) is 4.60. The van der Waals surface area contributed by atoms with Crippen LogP contribution in [0.25, 0.3) is 11.4 Å². The number of nitrogens with zero attached hydrogens (tertiary/aromatic N) is 6. The lowest BCUT2D eigenvalue weighted by molar-refractivity contribution is 0.0965. The third-order valence-corrected chi connectivity index (χ3v) is 4.60. The Morgan fingerprint density at radius 1 is 1.31 bits per heavy atom. The van der Waals surface area contributed by atoms with Crippen molar-refractivity contribution < 1.29 is 19.1 Å². The summed E-state index contributed by atoms with van der Waals surface area (Å²) in [7, 11) is 3.29. The molecule has 0 radical (unpaired) electrons. The average molecular weight is 436 g/mol. The van der Waals surface area contributed by atoms with Crippen LogP contribution in [0.4, 0.5) is 22.0 Å². The molecule has 1 saturated heterocycles. The van der Waals surface area contributed by atoms with Crippen LogP contribution in [0.15, 0.2) is 43.4 Å². The highest BCUT2D eigenvalue weighted by Gasteiger charge is 2.27. The van der Waals surface area contributed by atoms with Gasteiger partial charge in [0.15, 0.2) is 23.1 Å². The summed E-state index contributed by atoms with van der Waals surface area (Å²) < 4.78 is 12.2. The number of methoxy groups -OCH3 is 1. The topological polar surface area (TPSA) is 136 Å². The Balaban J connectivity index is 1.77. The van der Waals surface area contributed by atoms with Gasteiger partial charge in [0.05, 0.1) is 30.6 Å². The quantitative estimate of drug-likeness (QED) is 0.568. The molecule has 12 nitrogen and oxygen atoms in total. The van der Waals surface area contributed by atoms with E-state index in [0.717, 1.165) is 0 Å². The van der Waals surface area contributed by atoms with Crippen molar-refractivity contribution in [1.82, 2.24) is 30.3 Å². The summed E-state index contributed by atoms with van der Waals surface area (Å²) in [6, 6.07) is 6.93. The van der Waals surface area contributed by atoms with Crippen LogP contribution in [0, 0.1) is 0 Å². The maximum atomic E-state index is 12.5. The SMILES string of the molecule is C=CNC(=O)c1nnc(N2CCOC2=O)cc1Nc1cccc(-c2ncn(C)n2)c1OC. The summed E-state index contributed by atoms with van der Waals surface area (Å²) in [5.41, 5.74) is 1.50. The molecule has 0 atom stereocenters. The highest BCUT2D eigenvalue weighted by Crippen LogP contribution is 2.37. The summed E-state index contributed by atoms with van der Waals surface area (Å²) in [6.07, 6.45) is 2.29. The number of ether oxygens (including phenoxy) is 2. The lowest BCUT2D eigenvalue weighted by atomic mass is 10.1. The second-order valence-electron chi connectivity index (χ2n) is 6.66. The van der Waals surface area contributed by atoms with Gasteiger partial charge in [-0.25, -0.2) is 9.78 Å². The van der Waals surface area contributed by atoms with Gasteiger partial charge >= 0.3 is 6.09 Å². The van der Waals surface area contributed by atoms with Crippen molar-refractivity contribution >= 4 is 29.2 Å². The van der Waals surface area contributed by atoms with Gasteiger partial charge in [0.2, 0.25) is 0 Å². The number of carbonyl (C=O) groups excluding carboxylic acids is 2. The van der Waals surface area contributed by atoms with E-state index in [-0.39, 0.29) is 18.1 Å². The molecule has 2 aromatic heterocycles. The Hall–Kier alpha value is -4.48. The van der Waals surface area contributed by atoms with E-state index in [9.17, 15) is 9.59 Å². The van der Waals surface area contributed by atoms with Gasteiger partial charge in [0, 0.05) is 13.1 Å². The number of carbonyl (C=O) groups is 2. The van der Waals surface area contributed by atoms with E-state index in [2.05, 4.69) is 37.5 Å². The van der Waals surface area contributed by atoms with Crippen LogP contribution in [0.1, 0.15) is 10.5 Å². The smallest absolute Gasteiger partial charge is 0.415 e. The van der Waals surface area contributed by atoms with Crippen molar-refractivity contribution in [2.45, 2.75) is 0 Å². The second kappa shape index (κ2) is 8.71. The van der Waals surface area contributed by atoms with Crippen LogP contribution < -0.4 is 20.3 Å². The third kappa shape index (κ3) is 3.93. The first kappa shape index (κ1) is 20.8. The molecule has 2 N–H and O–H groups in total. The molecular weight excluding hydrogens is 416 g/mol. The van der Waals surface area contributed by atoms with Gasteiger partial charge in [-0.2, -0.15) is 5.10 Å². The number of amides is 2. The van der Waals surface area contributed by atoms with Crippen LogP contribution in [0.2, 0.25) is 0 Å². The zero-order valence-corrected chi connectivity index (χ0v) is 17.4. The molecule has 3 heterocycles. The molecule has 1 aromatic carbocycles. The van der Waals surface area contributed by atoms with Gasteiger partial charge in [-0.05, 0) is 18.3 Å². The van der Waals surface area contributed by atoms with E-state index in [1.807, 2.05) is 6.07 Å². The summed E-state index contributed by atoms with van der Waals surface area (Å²) in [4.78, 5) is 30.1. The lowest BCUT2D eigenvalue weighted by Crippen LogP contribution is -2.26. The largest absolute Gasteiger partial charge is 0.494 e. The molecule has 0 aliphatic carbocycles. The predicted molar refractivity (Wildman–Crippen MR) is 115 cm³/mol. The van der Waals surface area contributed by atoms with Crippen LogP contribution in [0.5, 0.6) is 5.75 Å². The number of para-hydroxylation sites is 1. The zero-order valence-electron chi connectivity index (χ0n) is 17.4. The van der Waals surface area contributed by atoms with Crippen LogP contribution in [0.3, 0.4) is 0 Å². The maximum Gasteiger partial charge on any atom is 0.415 e. The molecule has 0 spiro atoms. The molecule has 164 valence electrons. The summed E-state index contributed by atoms with van der Waals surface area (Å²) in [6.45, 7) is 4.07. The Labute approximate surface area is 182 Å². The number of cyclic esters (lactones) is 1. The lowest BCUT2D eigenvalue weighted by Gasteiger charge is -2.17. The van der Waals surface area contributed by atoms with Crippen LogP contribution in [-0.2, 0) is 11.8 Å². The first-order valence-electron chi connectivity index (χ1n) is 9.55. The molecule has 1 aliphatic heterocycles. The van der Waals surface area contributed by atoms with E-state index in [4.69, 9.17) is 9.47 Å². The number of aromatic nitrogens is 5. The fraction of sp³-hybridized carbons (Fsp3) is 0.200. The van der Waals surface area contributed by atoms with Gasteiger partial charge in [-0.3, -0.25) is 14.4 Å². The molecular formula is C20H20N8O4. The Morgan fingerprint density at radius 2 is 2.16 bits per heavy atom. The molecule has 12 heteroatoms. The number of benzene rings is 1. The van der Waals surface area contributed by atoms with Crippen molar-refractivity contribution in [2.24, 2.45) is 7.05 Å². The van der Waals surface area contributed by atoms with Crippen molar-refractivity contribution in [3.8, 4) is 17.1 Å². The molecule has 3 aromatic rings. The van der Waals surface area contributed by atoms with Crippen LogP contribution >= 0.6 is 0 Å². The highest BCUT2D eigenvalue weighted by molar-refractivity contribution is 6.00. The average Bonchev–Trinajstić information content (AvgIpc) is 3.41. The monoisotopic (exact) mass is 436 g/mol.